The maximum absolute atomic E-state index is 12.7. The number of esters is 2. The molecule has 132 valence electrons. The van der Waals surface area contributed by atoms with Gasteiger partial charge < -0.3 is 9.47 Å². The molecule has 0 aromatic rings. The third-order valence-corrected chi connectivity index (χ3v) is 3.44. The summed E-state index contributed by atoms with van der Waals surface area (Å²) in [5.74, 6) is -2.38. The van der Waals surface area contributed by atoms with Crippen molar-refractivity contribution in [3.63, 3.8) is 0 Å². The van der Waals surface area contributed by atoms with Crippen molar-refractivity contribution in [2.75, 3.05) is 13.2 Å². The smallest absolute Gasteiger partial charge is 0.331 e. The maximum atomic E-state index is 12.7. The molecule has 7 nitrogen and oxygen atoms in total. The number of hydrogen-bond donors (Lipinski definition) is 1. The Morgan fingerprint density at radius 1 is 1.26 bits per heavy atom. The molecule has 1 rings (SSSR count). The van der Waals surface area contributed by atoms with Crippen LogP contribution in [0.1, 0.15) is 53.9 Å². The Morgan fingerprint density at radius 2 is 1.91 bits per heavy atom. The van der Waals surface area contributed by atoms with Crippen LogP contribution in [0.5, 0.6) is 0 Å². The molecule has 0 saturated carbocycles. The summed E-state index contributed by atoms with van der Waals surface area (Å²) in [6.07, 6.45) is 1.58. The van der Waals surface area contributed by atoms with Gasteiger partial charge in [-0.05, 0) is 47.0 Å². The van der Waals surface area contributed by atoms with Crippen LogP contribution in [-0.2, 0) is 23.9 Å². The summed E-state index contributed by atoms with van der Waals surface area (Å²) in [7, 11) is 0. The number of nitrogens with one attached hydrogen (secondary N) is 1. The number of nitrogens with zero attached hydrogens (tertiary/aromatic N) is 1. The van der Waals surface area contributed by atoms with Gasteiger partial charge in [-0.2, -0.15) is 0 Å². The van der Waals surface area contributed by atoms with Gasteiger partial charge in [0.1, 0.15) is 17.6 Å². The van der Waals surface area contributed by atoms with Crippen molar-refractivity contribution >= 4 is 17.8 Å². The van der Waals surface area contributed by atoms with E-state index in [1.165, 1.54) is 5.01 Å². The second-order valence-electron chi connectivity index (χ2n) is 6.52. The summed E-state index contributed by atoms with van der Waals surface area (Å²) < 4.78 is 10.3. The molecule has 1 amide bonds. The van der Waals surface area contributed by atoms with E-state index in [1.54, 1.807) is 34.6 Å². The Balaban J connectivity index is 2.89. The lowest BCUT2D eigenvalue weighted by atomic mass is 10.0. The fourth-order valence-electron chi connectivity index (χ4n) is 2.41. The van der Waals surface area contributed by atoms with Crippen LogP contribution in [0.3, 0.4) is 0 Å². The monoisotopic (exact) mass is 328 g/mol. The predicted molar refractivity (Wildman–Crippen MR) is 84.1 cm³/mol. The number of rotatable bonds is 5. The van der Waals surface area contributed by atoms with E-state index in [0.29, 0.717) is 19.4 Å². The lowest BCUT2D eigenvalue weighted by molar-refractivity contribution is -0.173. The van der Waals surface area contributed by atoms with E-state index in [4.69, 9.17) is 9.47 Å². The molecular formula is C16H28N2O5. The minimum atomic E-state index is -0.912. The van der Waals surface area contributed by atoms with E-state index in [0.717, 1.165) is 6.42 Å². The summed E-state index contributed by atoms with van der Waals surface area (Å²) in [4.78, 5) is 37.0. The summed E-state index contributed by atoms with van der Waals surface area (Å²) >= 11 is 0. The minimum absolute atomic E-state index is 0.214. The molecule has 7 heteroatoms. The second kappa shape index (κ2) is 8.29. The highest BCUT2D eigenvalue weighted by Crippen LogP contribution is 2.20. The molecule has 2 atom stereocenters. The molecule has 2 unspecified atom stereocenters. The van der Waals surface area contributed by atoms with Crippen LogP contribution in [0.15, 0.2) is 0 Å². The SMILES string of the molecule is CCOC(=O)C(CC)C(=O)N1NCCCC1C(=O)OC(C)(C)C. The fraction of sp³-hybridized carbons (Fsp3) is 0.812. The zero-order chi connectivity index (χ0) is 17.6. The van der Waals surface area contributed by atoms with E-state index in [-0.39, 0.29) is 6.61 Å². The lowest BCUT2D eigenvalue weighted by Gasteiger charge is -2.37. The summed E-state index contributed by atoms with van der Waals surface area (Å²) in [6, 6.07) is -0.723. The van der Waals surface area contributed by atoms with Crippen molar-refractivity contribution in [1.29, 1.82) is 0 Å². The molecule has 0 aromatic carbocycles. The standard InChI is InChI=1S/C16H28N2O5/c1-6-11(14(20)22-7-2)13(19)18-12(9-8-10-17-18)15(21)23-16(3,4)5/h11-12,17H,6-10H2,1-5H3. The summed E-state index contributed by atoms with van der Waals surface area (Å²) in [6.45, 7) is 9.56. The molecule has 0 aromatic heterocycles. The first kappa shape index (κ1) is 19.4. The largest absolute Gasteiger partial charge is 0.465 e. The first-order chi connectivity index (χ1) is 10.7. The topological polar surface area (TPSA) is 84.9 Å². The Morgan fingerprint density at radius 3 is 2.43 bits per heavy atom. The van der Waals surface area contributed by atoms with Crippen LogP contribution >= 0.6 is 0 Å². The van der Waals surface area contributed by atoms with Gasteiger partial charge in [-0.15, -0.1) is 0 Å². The van der Waals surface area contributed by atoms with Gasteiger partial charge in [0, 0.05) is 6.54 Å². The second-order valence-corrected chi connectivity index (χ2v) is 6.52. The minimum Gasteiger partial charge on any atom is -0.465 e. The lowest BCUT2D eigenvalue weighted by Crippen LogP contribution is -2.59. The number of amides is 1. The third-order valence-electron chi connectivity index (χ3n) is 3.44. The van der Waals surface area contributed by atoms with E-state index in [1.807, 2.05) is 0 Å². The fourth-order valence-corrected chi connectivity index (χ4v) is 2.41. The van der Waals surface area contributed by atoms with Gasteiger partial charge in [0.05, 0.1) is 6.61 Å². The van der Waals surface area contributed by atoms with Crippen molar-refractivity contribution < 1.29 is 23.9 Å². The number of hydrazine groups is 1. The molecule has 1 N–H and O–H groups in total. The van der Waals surface area contributed by atoms with Crippen molar-refractivity contribution in [3.8, 4) is 0 Å². The molecule has 0 spiro atoms. The van der Waals surface area contributed by atoms with Crippen molar-refractivity contribution in [1.82, 2.24) is 10.4 Å². The number of carbonyl (C=O) groups is 3. The van der Waals surface area contributed by atoms with Crippen molar-refractivity contribution in [3.05, 3.63) is 0 Å². The summed E-state index contributed by atoms with van der Waals surface area (Å²) in [5.41, 5.74) is 2.29. The zero-order valence-corrected chi connectivity index (χ0v) is 14.7. The van der Waals surface area contributed by atoms with Crippen LogP contribution in [-0.4, -0.2) is 47.6 Å². The van der Waals surface area contributed by atoms with E-state index >= 15 is 0 Å². The molecule has 0 aliphatic carbocycles. The van der Waals surface area contributed by atoms with Crippen LogP contribution in [0.25, 0.3) is 0 Å². The van der Waals surface area contributed by atoms with Gasteiger partial charge in [-0.1, -0.05) is 6.92 Å². The normalized spacial score (nSPS) is 19.9. The Labute approximate surface area is 137 Å². The van der Waals surface area contributed by atoms with Gasteiger partial charge >= 0.3 is 11.9 Å². The van der Waals surface area contributed by atoms with Crippen LogP contribution in [0, 0.1) is 5.92 Å². The molecule has 0 bridgehead atoms. The van der Waals surface area contributed by atoms with Crippen molar-refractivity contribution in [2.45, 2.75) is 65.5 Å². The number of ether oxygens (including phenoxy) is 2. The van der Waals surface area contributed by atoms with Gasteiger partial charge in [0.2, 0.25) is 0 Å². The first-order valence-electron chi connectivity index (χ1n) is 8.17. The molecule has 0 radical (unpaired) electrons. The Kier molecular flexibility index (Phi) is 7.00. The summed E-state index contributed by atoms with van der Waals surface area (Å²) in [5, 5.41) is 1.25. The van der Waals surface area contributed by atoms with Crippen LogP contribution < -0.4 is 5.43 Å². The molecule has 1 aliphatic rings. The van der Waals surface area contributed by atoms with Crippen LogP contribution in [0.2, 0.25) is 0 Å². The average Bonchev–Trinajstić information content (AvgIpc) is 2.46. The molecule has 1 heterocycles. The molecule has 1 aliphatic heterocycles. The zero-order valence-electron chi connectivity index (χ0n) is 14.7. The van der Waals surface area contributed by atoms with Gasteiger partial charge in [0.15, 0.2) is 0 Å². The van der Waals surface area contributed by atoms with Gasteiger partial charge in [-0.25, -0.2) is 10.2 Å². The Bertz CT molecular complexity index is 444. The molecular weight excluding hydrogens is 300 g/mol. The van der Waals surface area contributed by atoms with E-state index < -0.39 is 35.4 Å². The van der Waals surface area contributed by atoms with Gasteiger partial charge in [-0.3, -0.25) is 14.6 Å². The van der Waals surface area contributed by atoms with Gasteiger partial charge in [0.25, 0.3) is 5.91 Å². The molecule has 1 fully saturated rings. The third kappa shape index (κ3) is 5.49. The quantitative estimate of drug-likeness (QED) is 0.607. The molecule has 1 saturated heterocycles. The maximum Gasteiger partial charge on any atom is 0.331 e. The van der Waals surface area contributed by atoms with E-state index in [2.05, 4.69) is 5.43 Å². The van der Waals surface area contributed by atoms with Crippen LogP contribution in [0.4, 0.5) is 0 Å². The average molecular weight is 328 g/mol. The highest BCUT2D eigenvalue weighted by Gasteiger charge is 2.40. The van der Waals surface area contributed by atoms with E-state index in [9.17, 15) is 14.4 Å². The number of hydrogen-bond acceptors (Lipinski definition) is 6. The first-order valence-corrected chi connectivity index (χ1v) is 8.17. The predicted octanol–water partition coefficient (Wildman–Crippen LogP) is 1.41. The Hall–Kier alpha value is -1.63. The highest BCUT2D eigenvalue weighted by atomic mass is 16.6. The highest BCUT2D eigenvalue weighted by molar-refractivity contribution is 5.99. The number of carbonyl (C=O) groups excluding carboxylic acids is 3. The van der Waals surface area contributed by atoms with Crippen molar-refractivity contribution in [2.24, 2.45) is 5.92 Å². The molecule has 23 heavy (non-hydrogen) atoms.